The van der Waals surface area contributed by atoms with Crippen LogP contribution in [-0.4, -0.2) is 15.0 Å². The van der Waals surface area contributed by atoms with Crippen LogP contribution in [0.3, 0.4) is 0 Å². The lowest BCUT2D eigenvalue weighted by Crippen LogP contribution is -2.28. The number of hydrogen-bond acceptors (Lipinski definition) is 4. The van der Waals surface area contributed by atoms with Crippen molar-refractivity contribution in [3.63, 3.8) is 0 Å². The Morgan fingerprint density at radius 3 is 1.77 bits per heavy atom. The lowest BCUT2D eigenvalue weighted by Gasteiger charge is -2.33. The van der Waals surface area contributed by atoms with Crippen molar-refractivity contribution >= 4 is 37.6 Å². The van der Waals surface area contributed by atoms with E-state index >= 15 is 0 Å². The van der Waals surface area contributed by atoms with Gasteiger partial charge in [-0.05, 0) is 86.8 Å². The molecule has 0 radical (unpaired) electrons. The minimum Gasteiger partial charge on any atom is -0.208 e. The number of thiophene rings is 1. The lowest BCUT2D eigenvalue weighted by atomic mass is 9.67. The van der Waals surface area contributed by atoms with Gasteiger partial charge < -0.3 is 0 Å². The third-order valence-electron chi connectivity index (χ3n) is 12.1. The molecule has 0 saturated heterocycles. The van der Waals surface area contributed by atoms with E-state index < -0.39 is 5.41 Å². The van der Waals surface area contributed by atoms with E-state index in [1.54, 1.807) is 6.08 Å². The Morgan fingerprint density at radius 1 is 0.475 bits per heavy atom. The Labute approximate surface area is 359 Å². The van der Waals surface area contributed by atoms with E-state index in [0.29, 0.717) is 17.5 Å². The number of allylic oxidation sites excluding steroid dienone is 2. The highest BCUT2D eigenvalue weighted by molar-refractivity contribution is 7.26. The molecule has 0 unspecified atom stereocenters. The number of benzene rings is 8. The maximum atomic E-state index is 5.13. The number of nitrogens with zero attached hydrogens (tertiary/aromatic N) is 3. The van der Waals surface area contributed by atoms with Crippen molar-refractivity contribution in [2.24, 2.45) is 0 Å². The van der Waals surface area contributed by atoms with Crippen molar-refractivity contribution < 1.29 is 0 Å². The second-order valence-electron chi connectivity index (χ2n) is 15.6. The third kappa shape index (κ3) is 6.06. The molecule has 0 atom stereocenters. The van der Waals surface area contributed by atoms with Gasteiger partial charge in [0.2, 0.25) is 0 Å². The molecular formula is C57H39N3S. The summed E-state index contributed by atoms with van der Waals surface area (Å²) >= 11 is 1.86. The van der Waals surface area contributed by atoms with Gasteiger partial charge in [0.15, 0.2) is 17.5 Å². The number of aryl methyl sites for hydroxylation is 1. The molecule has 0 saturated carbocycles. The lowest BCUT2D eigenvalue weighted by molar-refractivity contribution is 0.770. The van der Waals surface area contributed by atoms with Crippen LogP contribution >= 0.6 is 11.3 Å². The van der Waals surface area contributed by atoms with Crippen LogP contribution in [0.25, 0.3) is 82.7 Å². The van der Waals surface area contributed by atoms with Gasteiger partial charge in [0.1, 0.15) is 0 Å². The number of rotatable bonds is 8. The van der Waals surface area contributed by atoms with Crippen LogP contribution in [0.15, 0.2) is 207 Å². The first-order valence-corrected chi connectivity index (χ1v) is 21.4. The first-order chi connectivity index (χ1) is 30.1. The topological polar surface area (TPSA) is 38.7 Å². The first-order valence-electron chi connectivity index (χ1n) is 20.6. The summed E-state index contributed by atoms with van der Waals surface area (Å²) < 4.78 is 2.52. The van der Waals surface area contributed by atoms with Crippen LogP contribution in [0.1, 0.15) is 33.4 Å². The van der Waals surface area contributed by atoms with E-state index in [9.17, 15) is 0 Å². The van der Waals surface area contributed by atoms with Gasteiger partial charge in [0, 0.05) is 36.9 Å². The van der Waals surface area contributed by atoms with Crippen molar-refractivity contribution in [2.75, 3.05) is 0 Å². The van der Waals surface area contributed by atoms with Crippen LogP contribution in [0.5, 0.6) is 0 Å². The van der Waals surface area contributed by atoms with Gasteiger partial charge in [-0.2, -0.15) is 0 Å². The van der Waals surface area contributed by atoms with Gasteiger partial charge in [0.25, 0.3) is 0 Å². The molecule has 2 heterocycles. The zero-order valence-corrected chi connectivity index (χ0v) is 34.4. The van der Waals surface area contributed by atoms with Crippen LogP contribution in [0.2, 0.25) is 0 Å². The third-order valence-corrected chi connectivity index (χ3v) is 13.2. The molecule has 3 nitrogen and oxygen atoms in total. The van der Waals surface area contributed by atoms with E-state index in [4.69, 9.17) is 15.0 Å². The van der Waals surface area contributed by atoms with Gasteiger partial charge in [-0.15, -0.1) is 11.3 Å². The molecule has 0 aliphatic heterocycles. The molecule has 8 aromatic carbocycles. The quantitative estimate of drug-likeness (QED) is 0.144. The number of fused-ring (bicyclic) bond motifs is 6. The molecule has 0 N–H and O–H groups in total. The van der Waals surface area contributed by atoms with Gasteiger partial charge in [-0.1, -0.05) is 189 Å². The van der Waals surface area contributed by atoms with Gasteiger partial charge in [-0.3, -0.25) is 0 Å². The van der Waals surface area contributed by atoms with E-state index in [1.165, 1.54) is 59.1 Å². The van der Waals surface area contributed by atoms with E-state index in [0.717, 1.165) is 33.4 Å². The molecule has 10 aromatic rings. The summed E-state index contributed by atoms with van der Waals surface area (Å²) in [6.45, 7) is 5.94. The highest BCUT2D eigenvalue weighted by Crippen LogP contribution is 2.56. The smallest absolute Gasteiger partial charge is 0.164 e. The normalized spacial score (nSPS) is 12.8. The monoisotopic (exact) mass is 797 g/mol. The predicted octanol–water partition coefficient (Wildman–Crippen LogP) is 14.8. The van der Waals surface area contributed by atoms with Crippen LogP contribution < -0.4 is 0 Å². The molecule has 288 valence electrons. The van der Waals surface area contributed by atoms with E-state index in [-0.39, 0.29) is 0 Å². The molecule has 4 heteroatoms. The molecule has 11 rings (SSSR count). The van der Waals surface area contributed by atoms with Crippen molar-refractivity contribution in [3.05, 3.63) is 240 Å². The zero-order chi connectivity index (χ0) is 40.9. The average Bonchev–Trinajstić information content (AvgIpc) is 3.85. The van der Waals surface area contributed by atoms with E-state index in [1.807, 2.05) is 47.7 Å². The largest absolute Gasteiger partial charge is 0.208 e. The summed E-state index contributed by atoms with van der Waals surface area (Å²) in [5, 5.41) is 2.51. The fourth-order valence-electron chi connectivity index (χ4n) is 9.36. The molecule has 0 fully saturated rings. The SMILES string of the molecule is C=C/C=C\c1ccc(-c2nc(-c3ccccc3)nc(-c3cccc(-c4cccc5sc6cc(C7(c8ccccc8)c8ccccc8-c8ccccc87)ccc6c45)c3)n2)cc1C. The average molecular weight is 798 g/mol. The second kappa shape index (κ2) is 14.9. The zero-order valence-electron chi connectivity index (χ0n) is 33.6. The van der Waals surface area contributed by atoms with Gasteiger partial charge >= 0.3 is 0 Å². The molecule has 2 aromatic heterocycles. The number of hydrogen-bond donors (Lipinski definition) is 0. The van der Waals surface area contributed by atoms with Crippen molar-refractivity contribution in [3.8, 4) is 56.4 Å². The first kappa shape index (κ1) is 36.5. The fourth-order valence-corrected chi connectivity index (χ4v) is 10.5. The Morgan fingerprint density at radius 2 is 1.07 bits per heavy atom. The van der Waals surface area contributed by atoms with Crippen molar-refractivity contribution in [2.45, 2.75) is 12.3 Å². The molecular weight excluding hydrogens is 759 g/mol. The molecule has 0 bridgehead atoms. The Balaban J connectivity index is 1.05. The Bertz CT molecular complexity index is 3300. The minimum atomic E-state index is -0.443. The summed E-state index contributed by atoms with van der Waals surface area (Å²) in [4.78, 5) is 15.2. The highest BCUT2D eigenvalue weighted by Gasteiger charge is 2.46. The van der Waals surface area contributed by atoms with Gasteiger partial charge in [-0.25, -0.2) is 15.0 Å². The minimum absolute atomic E-state index is 0.443. The summed E-state index contributed by atoms with van der Waals surface area (Å²) in [5.74, 6) is 1.91. The Kier molecular flexibility index (Phi) is 8.95. The maximum absolute atomic E-state index is 5.13. The highest BCUT2D eigenvalue weighted by atomic mass is 32.1. The molecule has 1 aliphatic carbocycles. The van der Waals surface area contributed by atoms with Crippen molar-refractivity contribution in [1.82, 2.24) is 15.0 Å². The molecule has 61 heavy (non-hydrogen) atoms. The fraction of sp³-hybridized carbons (Fsp3) is 0.0351. The van der Waals surface area contributed by atoms with Crippen LogP contribution in [-0.2, 0) is 5.41 Å². The molecule has 0 amide bonds. The van der Waals surface area contributed by atoms with E-state index in [2.05, 4.69) is 177 Å². The predicted molar refractivity (Wildman–Crippen MR) is 256 cm³/mol. The second-order valence-corrected chi connectivity index (χ2v) is 16.7. The van der Waals surface area contributed by atoms with Gasteiger partial charge in [0.05, 0.1) is 5.41 Å². The summed E-state index contributed by atoms with van der Waals surface area (Å²) in [6.07, 6.45) is 5.81. The molecule has 0 spiro atoms. The summed E-state index contributed by atoms with van der Waals surface area (Å²) in [7, 11) is 0. The van der Waals surface area contributed by atoms with Crippen LogP contribution in [0.4, 0.5) is 0 Å². The standard InChI is InChI=1S/C57H39N3S/c1-3-4-17-38-30-31-42(34-37(38)2)56-59-54(39-18-7-5-8-19-39)58-55(60-56)41-21-15-20-40(35-41)45-26-16-29-51-53(45)48-33-32-44(36-52(48)61-51)57(43-22-9-6-10-23-43)49-27-13-11-24-46(49)47-25-12-14-28-50(47)57/h3-36H,1H2,2H3/b17-4-. The maximum Gasteiger partial charge on any atom is 0.164 e. The summed E-state index contributed by atoms with van der Waals surface area (Å²) in [6, 6.07) is 67.9. The molecule has 1 aliphatic rings. The number of aromatic nitrogens is 3. The van der Waals surface area contributed by atoms with Crippen molar-refractivity contribution in [1.29, 1.82) is 0 Å². The van der Waals surface area contributed by atoms with Crippen LogP contribution in [0, 0.1) is 6.92 Å². The Hall–Kier alpha value is -7.53. The summed E-state index contributed by atoms with van der Waals surface area (Å²) in [5.41, 5.74) is 14.7.